The highest BCUT2D eigenvalue weighted by Gasteiger charge is 2.31. The minimum atomic E-state index is -4.53. The molecule has 0 saturated heterocycles. The highest BCUT2D eigenvalue weighted by molar-refractivity contribution is 6.06. The van der Waals surface area contributed by atoms with Crippen molar-refractivity contribution in [3.8, 4) is 5.75 Å². The Morgan fingerprint density at radius 1 is 1.14 bits per heavy atom. The monoisotopic (exact) mass is 453 g/mol. The standard InChI is InChI=1S/C19H22F3N3O2.2ClH/c1-25(2)7-8-27-17-6-4-3-5-16(17)18(26)24-15-10-13(12-23)9-14(11-15)19(20,21)22;;/h3-6,9-11H,7-8,12,23H2,1-2H3,(H,24,26);2*1H. The normalized spacial score (nSPS) is 10.7. The van der Waals surface area contributed by atoms with Crippen LogP contribution in [0.15, 0.2) is 42.5 Å². The molecule has 0 radical (unpaired) electrons. The second kappa shape index (κ2) is 11.9. The molecule has 0 atom stereocenters. The number of benzene rings is 2. The number of ether oxygens (including phenoxy) is 1. The van der Waals surface area contributed by atoms with Gasteiger partial charge in [-0.15, -0.1) is 24.8 Å². The highest BCUT2D eigenvalue weighted by atomic mass is 35.5. The van der Waals surface area contributed by atoms with Gasteiger partial charge in [0.1, 0.15) is 12.4 Å². The number of nitrogens with two attached hydrogens (primary N) is 1. The molecular formula is C19H24Cl2F3N3O2. The summed E-state index contributed by atoms with van der Waals surface area (Å²) in [5.41, 5.74) is 5.15. The first-order valence-corrected chi connectivity index (χ1v) is 8.30. The summed E-state index contributed by atoms with van der Waals surface area (Å²) in [6, 6.07) is 9.84. The second-order valence-electron chi connectivity index (χ2n) is 6.22. The predicted molar refractivity (Wildman–Crippen MR) is 112 cm³/mol. The predicted octanol–water partition coefficient (Wildman–Crippen LogP) is 4.20. The number of likely N-dealkylation sites (N-methyl/N-ethyl adjacent to an activating group) is 1. The van der Waals surface area contributed by atoms with Crippen molar-refractivity contribution in [2.45, 2.75) is 12.7 Å². The van der Waals surface area contributed by atoms with Crippen LogP contribution < -0.4 is 15.8 Å². The Kier molecular flexibility index (Phi) is 11.1. The summed E-state index contributed by atoms with van der Waals surface area (Å²) in [5, 5.41) is 2.50. The van der Waals surface area contributed by atoms with Gasteiger partial charge in [0.2, 0.25) is 0 Å². The zero-order chi connectivity index (χ0) is 20.0. The third-order valence-corrected chi connectivity index (χ3v) is 3.74. The summed E-state index contributed by atoms with van der Waals surface area (Å²) in [6.45, 7) is 0.957. The van der Waals surface area contributed by atoms with Crippen LogP contribution in [0.4, 0.5) is 18.9 Å². The maximum Gasteiger partial charge on any atom is 0.416 e. The van der Waals surface area contributed by atoms with Gasteiger partial charge in [-0.3, -0.25) is 4.79 Å². The fourth-order valence-corrected chi connectivity index (χ4v) is 2.36. The van der Waals surface area contributed by atoms with E-state index >= 15 is 0 Å². The van der Waals surface area contributed by atoms with E-state index in [0.29, 0.717) is 18.9 Å². The molecule has 1 amide bonds. The molecule has 10 heteroatoms. The number of para-hydroxylation sites is 1. The van der Waals surface area contributed by atoms with Gasteiger partial charge in [0.25, 0.3) is 5.91 Å². The number of rotatable bonds is 7. The van der Waals surface area contributed by atoms with Crippen LogP contribution in [-0.4, -0.2) is 38.1 Å². The first kappa shape index (κ1) is 27.0. The first-order chi connectivity index (χ1) is 12.7. The van der Waals surface area contributed by atoms with Crippen LogP contribution in [0.3, 0.4) is 0 Å². The van der Waals surface area contributed by atoms with E-state index < -0.39 is 17.6 Å². The molecule has 0 unspecified atom stereocenters. The Bertz CT molecular complexity index is 803. The molecule has 0 bridgehead atoms. The van der Waals surface area contributed by atoms with Gasteiger partial charge in [-0.25, -0.2) is 0 Å². The average molecular weight is 454 g/mol. The Hall–Kier alpha value is -2.00. The third kappa shape index (κ3) is 8.10. The Morgan fingerprint density at radius 2 is 1.79 bits per heavy atom. The maximum absolute atomic E-state index is 13.0. The lowest BCUT2D eigenvalue weighted by Gasteiger charge is -2.15. The summed E-state index contributed by atoms with van der Waals surface area (Å²) in [7, 11) is 3.79. The number of hydrogen-bond acceptors (Lipinski definition) is 4. The zero-order valence-corrected chi connectivity index (χ0v) is 17.6. The van der Waals surface area contributed by atoms with E-state index in [2.05, 4.69) is 5.32 Å². The van der Waals surface area contributed by atoms with E-state index in [-0.39, 0.29) is 48.2 Å². The van der Waals surface area contributed by atoms with Gasteiger partial charge >= 0.3 is 6.18 Å². The molecule has 0 aliphatic carbocycles. The molecule has 5 nitrogen and oxygen atoms in total. The van der Waals surface area contributed by atoms with E-state index in [4.69, 9.17) is 10.5 Å². The molecule has 0 saturated carbocycles. The minimum absolute atomic E-state index is 0. The van der Waals surface area contributed by atoms with E-state index in [9.17, 15) is 18.0 Å². The molecule has 0 aromatic heterocycles. The van der Waals surface area contributed by atoms with Crippen molar-refractivity contribution in [2.75, 3.05) is 32.6 Å². The van der Waals surface area contributed by atoms with Crippen LogP contribution in [0, 0.1) is 0 Å². The van der Waals surface area contributed by atoms with Crippen molar-refractivity contribution in [2.24, 2.45) is 5.73 Å². The van der Waals surface area contributed by atoms with Gasteiger partial charge in [0.15, 0.2) is 0 Å². The number of carbonyl (C=O) groups is 1. The molecular weight excluding hydrogens is 430 g/mol. The largest absolute Gasteiger partial charge is 0.491 e. The van der Waals surface area contributed by atoms with Crippen LogP contribution in [0.5, 0.6) is 5.75 Å². The van der Waals surface area contributed by atoms with E-state index in [1.165, 1.54) is 6.07 Å². The van der Waals surface area contributed by atoms with Gasteiger partial charge in [0.05, 0.1) is 11.1 Å². The molecule has 2 aromatic carbocycles. The fourth-order valence-electron chi connectivity index (χ4n) is 2.36. The second-order valence-corrected chi connectivity index (χ2v) is 6.22. The number of halogens is 5. The summed E-state index contributed by atoms with van der Waals surface area (Å²) < 4.78 is 44.7. The number of amides is 1. The number of hydrogen-bond donors (Lipinski definition) is 2. The van der Waals surface area contributed by atoms with E-state index in [0.717, 1.165) is 12.1 Å². The fraction of sp³-hybridized carbons (Fsp3) is 0.316. The van der Waals surface area contributed by atoms with Crippen molar-refractivity contribution < 1.29 is 22.7 Å². The Labute approximate surface area is 180 Å². The Morgan fingerprint density at radius 3 is 2.38 bits per heavy atom. The molecule has 3 N–H and O–H groups in total. The maximum atomic E-state index is 13.0. The topological polar surface area (TPSA) is 67.6 Å². The smallest absolute Gasteiger partial charge is 0.416 e. The lowest BCUT2D eigenvalue weighted by molar-refractivity contribution is -0.137. The van der Waals surface area contributed by atoms with Crippen molar-refractivity contribution in [3.63, 3.8) is 0 Å². The van der Waals surface area contributed by atoms with Gasteiger partial charge in [-0.05, 0) is 50.0 Å². The number of anilines is 1. The van der Waals surface area contributed by atoms with Crippen LogP contribution in [0.25, 0.3) is 0 Å². The van der Waals surface area contributed by atoms with Crippen molar-refractivity contribution in [3.05, 3.63) is 59.2 Å². The zero-order valence-electron chi connectivity index (χ0n) is 16.0. The van der Waals surface area contributed by atoms with Crippen molar-refractivity contribution in [1.82, 2.24) is 4.90 Å². The van der Waals surface area contributed by atoms with Gasteiger partial charge in [-0.1, -0.05) is 12.1 Å². The molecule has 162 valence electrons. The van der Waals surface area contributed by atoms with Crippen molar-refractivity contribution >= 4 is 36.4 Å². The summed E-state index contributed by atoms with van der Waals surface area (Å²) in [4.78, 5) is 14.5. The molecule has 2 rings (SSSR count). The van der Waals surface area contributed by atoms with Gasteiger partial charge in [-0.2, -0.15) is 13.2 Å². The van der Waals surface area contributed by atoms with Crippen molar-refractivity contribution in [1.29, 1.82) is 0 Å². The molecule has 0 aliphatic heterocycles. The molecule has 29 heavy (non-hydrogen) atoms. The quantitative estimate of drug-likeness (QED) is 0.658. The first-order valence-electron chi connectivity index (χ1n) is 8.30. The highest BCUT2D eigenvalue weighted by Crippen LogP contribution is 2.32. The lowest BCUT2D eigenvalue weighted by atomic mass is 10.1. The number of nitrogens with one attached hydrogen (secondary N) is 1. The summed E-state index contributed by atoms with van der Waals surface area (Å²) in [6.07, 6.45) is -4.53. The number of alkyl halides is 3. The van der Waals surface area contributed by atoms with Crippen LogP contribution in [0.1, 0.15) is 21.5 Å². The van der Waals surface area contributed by atoms with Gasteiger partial charge in [0, 0.05) is 18.8 Å². The van der Waals surface area contributed by atoms with Crippen LogP contribution in [-0.2, 0) is 12.7 Å². The molecule has 2 aromatic rings. The molecule has 0 heterocycles. The average Bonchev–Trinajstić information content (AvgIpc) is 2.60. The minimum Gasteiger partial charge on any atom is -0.491 e. The summed E-state index contributed by atoms with van der Waals surface area (Å²) in [5.74, 6) is -0.194. The van der Waals surface area contributed by atoms with Crippen LogP contribution in [0.2, 0.25) is 0 Å². The number of nitrogens with zero attached hydrogens (tertiary/aromatic N) is 1. The van der Waals surface area contributed by atoms with Crippen LogP contribution >= 0.6 is 24.8 Å². The van der Waals surface area contributed by atoms with Gasteiger partial charge < -0.3 is 20.7 Å². The van der Waals surface area contributed by atoms with E-state index in [1.54, 1.807) is 24.3 Å². The number of carbonyl (C=O) groups excluding carboxylic acids is 1. The van der Waals surface area contributed by atoms with E-state index in [1.807, 2.05) is 19.0 Å². The summed E-state index contributed by atoms with van der Waals surface area (Å²) >= 11 is 0. The third-order valence-electron chi connectivity index (χ3n) is 3.74. The molecule has 0 fully saturated rings. The Balaban J connectivity index is 0.00000392. The SMILES string of the molecule is CN(C)CCOc1ccccc1C(=O)Nc1cc(CN)cc(C(F)(F)F)c1.Cl.Cl. The molecule has 0 spiro atoms. The molecule has 0 aliphatic rings. The lowest BCUT2D eigenvalue weighted by Crippen LogP contribution is -2.21.